The molecule has 0 bridgehead atoms. The summed E-state index contributed by atoms with van der Waals surface area (Å²) in [7, 11) is 0. The van der Waals surface area contributed by atoms with Gasteiger partial charge in [0.05, 0.1) is 11.1 Å². The zero-order chi connectivity index (χ0) is 25.2. The summed E-state index contributed by atoms with van der Waals surface area (Å²) in [6.07, 6.45) is 8.25. The molecule has 1 atom stereocenters. The lowest BCUT2D eigenvalue weighted by Crippen LogP contribution is -2.54. The van der Waals surface area contributed by atoms with Crippen LogP contribution in [-0.4, -0.2) is 47.1 Å². The number of nitrogens with one attached hydrogen (secondary N) is 1. The number of nitrogens with zero attached hydrogens (tertiary/aromatic N) is 4. The maximum atomic E-state index is 12.8. The van der Waals surface area contributed by atoms with Crippen LogP contribution in [0.3, 0.4) is 0 Å². The molecular formula is C24H29N5O6. The molecule has 11 heteroatoms. The van der Waals surface area contributed by atoms with Gasteiger partial charge in [0.2, 0.25) is 11.8 Å². The van der Waals surface area contributed by atoms with Crippen molar-refractivity contribution < 1.29 is 28.7 Å². The molecule has 0 spiro atoms. The van der Waals surface area contributed by atoms with Crippen LogP contribution in [0, 0.1) is 0 Å². The first kappa shape index (κ1) is 25.9. The van der Waals surface area contributed by atoms with E-state index in [0.717, 1.165) is 49.8 Å². The lowest BCUT2D eigenvalue weighted by Gasteiger charge is -2.27. The fourth-order valence-corrected chi connectivity index (χ4v) is 4.25. The summed E-state index contributed by atoms with van der Waals surface area (Å²) in [4.78, 5) is 64.9. The third-order valence-corrected chi connectivity index (χ3v) is 6.10. The summed E-state index contributed by atoms with van der Waals surface area (Å²) in [6.45, 7) is 0.547. The van der Waals surface area contributed by atoms with Crippen LogP contribution < -0.4 is 10.1 Å². The van der Waals surface area contributed by atoms with Crippen molar-refractivity contribution in [3.63, 3.8) is 0 Å². The van der Waals surface area contributed by atoms with E-state index >= 15 is 0 Å². The van der Waals surface area contributed by atoms with Crippen molar-refractivity contribution in [2.75, 3.05) is 6.54 Å². The number of esters is 1. The third-order valence-electron chi connectivity index (χ3n) is 6.10. The molecule has 1 unspecified atom stereocenters. The van der Waals surface area contributed by atoms with E-state index in [1.165, 1.54) is 18.2 Å². The van der Waals surface area contributed by atoms with Gasteiger partial charge in [-0.15, -0.1) is 0 Å². The highest BCUT2D eigenvalue weighted by atomic mass is 16.5. The summed E-state index contributed by atoms with van der Waals surface area (Å²) in [5.41, 5.74) is 8.42. The molecule has 35 heavy (non-hydrogen) atoms. The molecule has 11 nitrogen and oxygen atoms in total. The second kappa shape index (κ2) is 12.7. The topological polar surface area (TPSA) is 159 Å². The number of piperidine rings is 1. The van der Waals surface area contributed by atoms with Crippen LogP contribution in [0.25, 0.3) is 10.4 Å². The van der Waals surface area contributed by atoms with Gasteiger partial charge in [0.15, 0.2) is 0 Å². The standard InChI is InChI=1S/C24H29N5O6/c25-28-26-14-8-6-4-2-1-3-5-7-9-21(31)35-16-10-11-17-18(15-16)24(34)29(23(17)33)19-12-13-20(30)27-22(19)32/h10-11,15,19H,1-9,12-14H2,(H,27,30,32). The first-order valence-corrected chi connectivity index (χ1v) is 12.0. The second-order valence-electron chi connectivity index (χ2n) is 8.66. The predicted molar refractivity (Wildman–Crippen MR) is 124 cm³/mol. The van der Waals surface area contributed by atoms with Gasteiger partial charge < -0.3 is 4.74 Å². The molecule has 1 N–H and O–H groups in total. The normalized spacial score (nSPS) is 17.1. The molecule has 2 aliphatic rings. The number of carbonyl (C=O) groups excluding carboxylic acids is 5. The Kier molecular flexibility index (Phi) is 9.37. The van der Waals surface area contributed by atoms with Gasteiger partial charge in [-0.1, -0.05) is 43.6 Å². The summed E-state index contributed by atoms with van der Waals surface area (Å²) in [5, 5.41) is 5.66. The van der Waals surface area contributed by atoms with E-state index in [1.807, 2.05) is 0 Å². The molecule has 0 radical (unpaired) electrons. The Morgan fingerprint density at radius 2 is 1.66 bits per heavy atom. The van der Waals surface area contributed by atoms with Crippen LogP contribution in [0.2, 0.25) is 0 Å². The molecule has 1 fully saturated rings. The van der Waals surface area contributed by atoms with E-state index in [9.17, 15) is 24.0 Å². The number of rotatable bonds is 13. The molecule has 4 amide bonds. The van der Waals surface area contributed by atoms with Gasteiger partial charge in [-0.2, -0.15) is 0 Å². The lowest BCUT2D eigenvalue weighted by molar-refractivity contribution is -0.136. The number of hydrogen-bond acceptors (Lipinski definition) is 7. The fourth-order valence-electron chi connectivity index (χ4n) is 4.25. The Morgan fingerprint density at radius 1 is 1.00 bits per heavy atom. The number of amides is 4. The molecule has 1 saturated heterocycles. The van der Waals surface area contributed by atoms with E-state index in [0.29, 0.717) is 13.0 Å². The van der Waals surface area contributed by atoms with E-state index in [-0.39, 0.29) is 36.1 Å². The molecule has 186 valence electrons. The monoisotopic (exact) mass is 483 g/mol. The molecule has 1 aromatic rings. The minimum absolute atomic E-state index is 0.0472. The maximum Gasteiger partial charge on any atom is 0.311 e. The Labute approximate surface area is 202 Å². The summed E-state index contributed by atoms with van der Waals surface area (Å²) in [5.74, 6) is -2.60. The van der Waals surface area contributed by atoms with Gasteiger partial charge in [0.25, 0.3) is 11.8 Å². The average Bonchev–Trinajstić information content (AvgIpc) is 3.07. The van der Waals surface area contributed by atoms with Crippen molar-refractivity contribution in [2.45, 2.75) is 76.7 Å². The van der Waals surface area contributed by atoms with Crippen LogP contribution >= 0.6 is 0 Å². The Morgan fingerprint density at radius 3 is 2.34 bits per heavy atom. The van der Waals surface area contributed by atoms with Crippen LogP contribution in [-0.2, 0) is 14.4 Å². The minimum atomic E-state index is -1.04. The number of imide groups is 2. The number of ether oxygens (including phenoxy) is 1. The minimum Gasteiger partial charge on any atom is -0.427 e. The van der Waals surface area contributed by atoms with Crippen LogP contribution in [0.15, 0.2) is 23.3 Å². The SMILES string of the molecule is [N-]=[N+]=NCCCCCCCCCCC(=O)Oc1ccc2c(c1)C(=O)N(C1CCC(=O)NC1=O)C2=O. The van der Waals surface area contributed by atoms with Crippen molar-refractivity contribution in [2.24, 2.45) is 5.11 Å². The van der Waals surface area contributed by atoms with Crippen molar-refractivity contribution in [1.82, 2.24) is 10.2 Å². The molecule has 1 aromatic carbocycles. The highest BCUT2D eigenvalue weighted by molar-refractivity contribution is 6.23. The summed E-state index contributed by atoms with van der Waals surface area (Å²) in [6, 6.07) is 3.18. The molecule has 2 heterocycles. The van der Waals surface area contributed by atoms with E-state index in [2.05, 4.69) is 15.3 Å². The molecule has 0 aromatic heterocycles. The van der Waals surface area contributed by atoms with Crippen LogP contribution in [0.1, 0.15) is 91.3 Å². The third kappa shape index (κ3) is 6.89. The van der Waals surface area contributed by atoms with Crippen molar-refractivity contribution in [3.8, 4) is 5.75 Å². The Balaban J connectivity index is 1.41. The first-order valence-electron chi connectivity index (χ1n) is 12.0. The van der Waals surface area contributed by atoms with Gasteiger partial charge in [-0.25, -0.2) is 0 Å². The van der Waals surface area contributed by atoms with Crippen molar-refractivity contribution >= 4 is 29.6 Å². The van der Waals surface area contributed by atoms with Gasteiger partial charge >= 0.3 is 5.97 Å². The first-order chi connectivity index (χ1) is 16.9. The summed E-state index contributed by atoms with van der Waals surface area (Å²) >= 11 is 0. The lowest BCUT2D eigenvalue weighted by atomic mass is 10.0. The molecule has 2 aliphatic heterocycles. The summed E-state index contributed by atoms with van der Waals surface area (Å²) < 4.78 is 5.35. The quantitative estimate of drug-likeness (QED) is 0.0854. The van der Waals surface area contributed by atoms with E-state index in [4.69, 9.17) is 10.3 Å². The zero-order valence-corrected chi connectivity index (χ0v) is 19.5. The van der Waals surface area contributed by atoms with Crippen LogP contribution in [0.5, 0.6) is 5.75 Å². The number of benzene rings is 1. The smallest absolute Gasteiger partial charge is 0.311 e. The number of unbranched alkanes of at least 4 members (excludes halogenated alkanes) is 7. The molecule has 0 saturated carbocycles. The van der Waals surface area contributed by atoms with Crippen LogP contribution in [0.4, 0.5) is 0 Å². The number of carbonyl (C=O) groups is 5. The maximum absolute atomic E-state index is 12.8. The highest BCUT2D eigenvalue weighted by Crippen LogP contribution is 2.30. The average molecular weight is 484 g/mol. The van der Waals surface area contributed by atoms with Crippen molar-refractivity contribution in [1.29, 1.82) is 0 Å². The van der Waals surface area contributed by atoms with Gasteiger partial charge in [0.1, 0.15) is 11.8 Å². The Bertz CT molecular complexity index is 1050. The zero-order valence-electron chi connectivity index (χ0n) is 19.5. The van der Waals surface area contributed by atoms with Gasteiger partial charge in [-0.05, 0) is 43.0 Å². The highest BCUT2D eigenvalue weighted by Gasteiger charge is 2.44. The fraction of sp³-hybridized carbons (Fsp3) is 0.542. The van der Waals surface area contributed by atoms with E-state index < -0.39 is 35.6 Å². The number of hydrogen-bond donors (Lipinski definition) is 1. The number of fused-ring (bicyclic) bond motifs is 1. The van der Waals surface area contributed by atoms with Crippen molar-refractivity contribution in [3.05, 3.63) is 39.8 Å². The Hall–Kier alpha value is -3.72. The van der Waals surface area contributed by atoms with Gasteiger partial charge in [-0.3, -0.25) is 34.2 Å². The molecule has 3 rings (SSSR count). The molecule has 0 aliphatic carbocycles. The molecular weight excluding hydrogens is 454 g/mol. The number of azide groups is 1. The largest absolute Gasteiger partial charge is 0.427 e. The van der Waals surface area contributed by atoms with E-state index in [1.54, 1.807) is 0 Å². The second-order valence-corrected chi connectivity index (χ2v) is 8.66. The predicted octanol–water partition coefficient (Wildman–Crippen LogP) is 3.81. The van der Waals surface area contributed by atoms with Gasteiger partial charge in [0, 0.05) is 24.3 Å².